The molecule has 1 aliphatic carbocycles. The van der Waals surface area contributed by atoms with Crippen molar-refractivity contribution in [2.45, 2.75) is 32.1 Å². The molecule has 0 aliphatic heterocycles. The quantitative estimate of drug-likeness (QED) is 0.583. The van der Waals surface area contributed by atoms with Crippen LogP contribution in [0.2, 0.25) is 0 Å². The SMILES string of the molecule is NCC1(CN(CCO)CCO)CCCCC1. The summed E-state index contributed by atoms with van der Waals surface area (Å²) in [6.07, 6.45) is 6.24. The van der Waals surface area contributed by atoms with Gasteiger partial charge in [-0.2, -0.15) is 0 Å². The van der Waals surface area contributed by atoms with E-state index in [-0.39, 0.29) is 18.6 Å². The first-order valence-electron chi connectivity index (χ1n) is 6.40. The van der Waals surface area contributed by atoms with Gasteiger partial charge in [0.2, 0.25) is 0 Å². The molecule has 0 bridgehead atoms. The number of nitrogens with two attached hydrogens (primary N) is 1. The Hall–Kier alpha value is -0.160. The minimum absolute atomic E-state index is 0.153. The van der Waals surface area contributed by atoms with Gasteiger partial charge < -0.3 is 15.9 Å². The van der Waals surface area contributed by atoms with Crippen molar-refractivity contribution in [1.82, 2.24) is 4.90 Å². The van der Waals surface area contributed by atoms with Crippen LogP contribution in [0.15, 0.2) is 0 Å². The zero-order valence-corrected chi connectivity index (χ0v) is 10.2. The van der Waals surface area contributed by atoms with Crippen molar-refractivity contribution in [2.24, 2.45) is 11.1 Å². The topological polar surface area (TPSA) is 69.7 Å². The first-order valence-corrected chi connectivity index (χ1v) is 6.40. The standard InChI is InChI=1S/C12H26N2O2/c13-10-12(4-2-1-3-5-12)11-14(6-8-15)7-9-16/h15-16H,1-11,13H2. The van der Waals surface area contributed by atoms with Crippen LogP contribution in [0, 0.1) is 5.41 Å². The monoisotopic (exact) mass is 230 g/mol. The number of aliphatic hydroxyl groups is 2. The first-order chi connectivity index (χ1) is 7.76. The fraction of sp³-hybridized carbons (Fsp3) is 1.00. The Balaban J connectivity index is 2.50. The lowest BCUT2D eigenvalue weighted by Gasteiger charge is -2.40. The number of rotatable bonds is 7. The zero-order valence-electron chi connectivity index (χ0n) is 10.2. The molecule has 4 heteroatoms. The molecule has 4 N–H and O–H groups in total. The van der Waals surface area contributed by atoms with Crippen LogP contribution < -0.4 is 5.73 Å². The second-order valence-corrected chi connectivity index (χ2v) is 4.99. The summed E-state index contributed by atoms with van der Waals surface area (Å²) in [5, 5.41) is 18.0. The Morgan fingerprint density at radius 2 is 1.56 bits per heavy atom. The van der Waals surface area contributed by atoms with Crippen LogP contribution in [0.1, 0.15) is 32.1 Å². The van der Waals surface area contributed by atoms with Gasteiger partial charge in [0, 0.05) is 19.6 Å². The van der Waals surface area contributed by atoms with Crippen molar-refractivity contribution >= 4 is 0 Å². The van der Waals surface area contributed by atoms with Gasteiger partial charge in [0.25, 0.3) is 0 Å². The van der Waals surface area contributed by atoms with Crippen LogP contribution in [0.25, 0.3) is 0 Å². The van der Waals surface area contributed by atoms with E-state index in [9.17, 15) is 0 Å². The summed E-state index contributed by atoms with van der Waals surface area (Å²) in [4.78, 5) is 2.14. The highest BCUT2D eigenvalue weighted by Crippen LogP contribution is 2.35. The van der Waals surface area contributed by atoms with Gasteiger partial charge in [-0.1, -0.05) is 19.3 Å². The van der Waals surface area contributed by atoms with Crippen molar-refractivity contribution in [2.75, 3.05) is 39.4 Å². The molecule has 0 spiro atoms. The Kier molecular flexibility index (Phi) is 6.28. The van der Waals surface area contributed by atoms with Gasteiger partial charge in [-0.05, 0) is 24.8 Å². The van der Waals surface area contributed by atoms with E-state index in [0.29, 0.717) is 13.1 Å². The zero-order chi connectivity index (χ0) is 11.9. The molecular weight excluding hydrogens is 204 g/mol. The fourth-order valence-corrected chi connectivity index (χ4v) is 2.76. The molecule has 4 nitrogen and oxygen atoms in total. The Labute approximate surface area is 98.4 Å². The number of aliphatic hydroxyl groups excluding tert-OH is 2. The Bertz CT molecular complexity index is 176. The first kappa shape index (κ1) is 13.9. The van der Waals surface area contributed by atoms with Crippen LogP contribution in [-0.2, 0) is 0 Å². The van der Waals surface area contributed by atoms with Gasteiger partial charge >= 0.3 is 0 Å². The Morgan fingerprint density at radius 3 is 2.00 bits per heavy atom. The van der Waals surface area contributed by atoms with Gasteiger partial charge in [-0.3, -0.25) is 4.90 Å². The number of hydrogen-bond acceptors (Lipinski definition) is 4. The van der Waals surface area contributed by atoms with E-state index in [1.807, 2.05) is 0 Å². The highest BCUT2D eigenvalue weighted by molar-refractivity contribution is 4.86. The Morgan fingerprint density at radius 1 is 1.00 bits per heavy atom. The van der Waals surface area contributed by atoms with E-state index in [1.165, 1.54) is 32.1 Å². The van der Waals surface area contributed by atoms with Gasteiger partial charge in [0.1, 0.15) is 0 Å². The highest BCUT2D eigenvalue weighted by Gasteiger charge is 2.32. The predicted molar refractivity (Wildman–Crippen MR) is 65.2 cm³/mol. The molecular formula is C12H26N2O2. The molecule has 1 rings (SSSR count). The molecule has 0 aromatic heterocycles. The van der Waals surface area contributed by atoms with Gasteiger partial charge in [-0.15, -0.1) is 0 Å². The summed E-state index contributed by atoms with van der Waals surface area (Å²) in [6, 6.07) is 0. The summed E-state index contributed by atoms with van der Waals surface area (Å²) in [6.45, 7) is 3.23. The third kappa shape index (κ3) is 4.01. The summed E-state index contributed by atoms with van der Waals surface area (Å²) < 4.78 is 0. The summed E-state index contributed by atoms with van der Waals surface area (Å²) in [7, 11) is 0. The molecule has 0 aromatic carbocycles. The lowest BCUT2D eigenvalue weighted by molar-refractivity contribution is 0.0826. The lowest BCUT2D eigenvalue weighted by Crippen LogP contribution is -2.45. The van der Waals surface area contributed by atoms with Gasteiger partial charge in [0.05, 0.1) is 13.2 Å². The van der Waals surface area contributed by atoms with E-state index < -0.39 is 0 Å². The fourth-order valence-electron chi connectivity index (χ4n) is 2.76. The summed E-state index contributed by atoms with van der Waals surface area (Å²) in [5.74, 6) is 0. The molecule has 1 aliphatic rings. The molecule has 0 radical (unpaired) electrons. The minimum Gasteiger partial charge on any atom is -0.395 e. The number of nitrogens with zero attached hydrogens (tertiary/aromatic N) is 1. The van der Waals surface area contributed by atoms with Gasteiger partial charge in [0.15, 0.2) is 0 Å². The second-order valence-electron chi connectivity index (χ2n) is 4.99. The molecule has 0 amide bonds. The van der Waals surface area contributed by atoms with Crippen LogP contribution >= 0.6 is 0 Å². The smallest absolute Gasteiger partial charge is 0.0558 e. The van der Waals surface area contributed by atoms with E-state index in [4.69, 9.17) is 15.9 Å². The van der Waals surface area contributed by atoms with E-state index in [1.54, 1.807) is 0 Å². The maximum atomic E-state index is 8.99. The predicted octanol–water partition coefficient (Wildman–Crippen LogP) is 0.182. The van der Waals surface area contributed by atoms with Crippen LogP contribution in [0.3, 0.4) is 0 Å². The van der Waals surface area contributed by atoms with Crippen LogP contribution in [-0.4, -0.2) is 54.5 Å². The van der Waals surface area contributed by atoms with E-state index >= 15 is 0 Å². The third-order valence-electron chi connectivity index (χ3n) is 3.74. The molecule has 0 unspecified atom stereocenters. The molecule has 0 aromatic rings. The average Bonchev–Trinajstić information content (AvgIpc) is 2.31. The molecule has 1 fully saturated rings. The molecule has 0 atom stereocenters. The summed E-state index contributed by atoms with van der Waals surface area (Å²) in [5.41, 5.74) is 6.15. The van der Waals surface area contributed by atoms with Crippen molar-refractivity contribution in [3.05, 3.63) is 0 Å². The molecule has 0 saturated heterocycles. The lowest BCUT2D eigenvalue weighted by atomic mass is 9.73. The molecule has 16 heavy (non-hydrogen) atoms. The second kappa shape index (κ2) is 7.22. The van der Waals surface area contributed by atoms with Gasteiger partial charge in [-0.25, -0.2) is 0 Å². The summed E-state index contributed by atoms with van der Waals surface area (Å²) >= 11 is 0. The van der Waals surface area contributed by atoms with Crippen LogP contribution in [0.4, 0.5) is 0 Å². The van der Waals surface area contributed by atoms with Crippen molar-refractivity contribution < 1.29 is 10.2 Å². The molecule has 0 heterocycles. The number of hydrogen-bond donors (Lipinski definition) is 3. The van der Waals surface area contributed by atoms with Crippen molar-refractivity contribution in [1.29, 1.82) is 0 Å². The van der Waals surface area contributed by atoms with E-state index in [0.717, 1.165) is 13.1 Å². The van der Waals surface area contributed by atoms with Crippen molar-refractivity contribution in [3.63, 3.8) is 0 Å². The minimum atomic E-state index is 0.153. The maximum Gasteiger partial charge on any atom is 0.0558 e. The van der Waals surface area contributed by atoms with Crippen LogP contribution in [0.5, 0.6) is 0 Å². The van der Waals surface area contributed by atoms with Crippen molar-refractivity contribution in [3.8, 4) is 0 Å². The highest BCUT2D eigenvalue weighted by atomic mass is 16.3. The normalized spacial score (nSPS) is 20.2. The van der Waals surface area contributed by atoms with E-state index in [2.05, 4.69) is 4.90 Å². The molecule has 1 saturated carbocycles. The average molecular weight is 230 g/mol. The molecule has 96 valence electrons. The maximum absolute atomic E-state index is 8.99. The third-order valence-corrected chi connectivity index (χ3v) is 3.74. The largest absolute Gasteiger partial charge is 0.395 e.